The van der Waals surface area contributed by atoms with E-state index in [1.165, 1.54) is 302 Å². The zero-order valence-corrected chi connectivity index (χ0v) is 77.9. The smallest absolute Gasteiger partial charge is 0.306 e. The van der Waals surface area contributed by atoms with E-state index in [4.69, 9.17) is 25.5 Å². The van der Waals surface area contributed by atoms with Gasteiger partial charge in [0.15, 0.2) is 0 Å². The van der Waals surface area contributed by atoms with Crippen LogP contribution in [0.1, 0.15) is 490 Å². The molecule has 0 aliphatic carbocycles. The molecular weight excluding hydrogens is 1510 g/mol. The highest BCUT2D eigenvalue weighted by atomic mass is 16.4. The minimum absolute atomic E-state index is 0.0266. The van der Waals surface area contributed by atoms with E-state index in [2.05, 4.69) is 88.5 Å². The van der Waals surface area contributed by atoms with Gasteiger partial charge in [-0.1, -0.05) is 345 Å². The molecule has 0 bridgehead atoms. The molecule has 0 radical (unpaired) electrons. The highest BCUT2D eigenvalue weighted by Gasteiger charge is 2.37. The number of aliphatic hydroxyl groups is 8. The van der Waals surface area contributed by atoms with Crippen molar-refractivity contribution in [3.63, 3.8) is 0 Å². The molecule has 0 aromatic carbocycles. The van der Waals surface area contributed by atoms with E-state index in [1.807, 2.05) is 0 Å². The lowest BCUT2D eigenvalue weighted by molar-refractivity contribution is -0.147. The molecule has 0 aromatic heterocycles. The first kappa shape index (κ1) is 124. The summed E-state index contributed by atoms with van der Waals surface area (Å²) in [5.74, 6) is -5.94. The molecule has 0 saturated heterocycles. The Bertz CT molecular complexity index is 2040. The molecule has 0 saturated carbocycles. The standard InChI is InChI=1S/C30H58O10.4C18H34O2/c31-19-24(35)15-13-11-9-7-5-3-1-2-4-6-8-10-12-14-23(16-25(36)20-32)28(17-26(37)21-33)29(30(39)40)18-27(38)22-34;4*1-2-3-4-5-6-7-8-9-10-11-12-13-14-15-16-17-18(19)20/h4,6,23-29,31-38H,1-3,5,7-22H2,(H,39,40);4*9-10H,2-8,11-17H2,1H3,(H,19,20). The Morgan fingerprint density at radius 1 is 0.217 bits per heavy atom. The number of carboxylic acid groups (broad SMARTS) is 5. The molecule has 0 rings (SSSR count). The molecular formula is C102H194O18. The molecule has 0 aliphatic rings. The molecule has 0 aromatic rings. The third kappa shape index (κ3) is 112. The molecule has 0 amide bonds. The molecule has 0 spiro atoms. The molecule has 710 valence electrons. The molecule has 0 fully saturated rings. The lowest BCUT2D eigenvalue weighted by atomic mass is 9.72. The van der Waals surface area contributed by atoms with Crippen LogP contribution in [0, 0.1) is 17.8 Å². The molecule has 18 nitrogen and oxygen atoms in total. The van der Waals surface area contributed by atoms with E-state index in [-0.39, 0.29) is 31.8 Å². The van der Waals surface area contributed by atoms with Crippen molar-refractivity contribution in [2.24, 2.45) is 17.8 Å². The van der Waals surface area contributed by atoms with E-state index in [0.29, 0.717) is 38.5 Å². The largest absolute Gasteiger partial charge is 0.481 e. The normalized spacial score (nSPS) is 13.3. The van der Waals surface area contributed by atoms with Crippen LogP contribution in [0.4, 0.5) is 0 Å². The van der Waals surface area contributed by atoms with Crippen molar-refractivity contribution in [1.82, 2.24) is 0 Å². The molecule has 7 unspecified atom stereocenters. The Hall–Kier alpha value is -4.27. The Labute approximate surface area is 735 Å². The van der Waals surface area contributed by atoms with Crippen LogP contribution in [0.15, 0.2) is 60.8 Å². The quantitative estimate of drug-likeness (QED) is 0.0199. The number of unbranched alkanes of at least 4 members (excludes halogenated alkanes) is 53. The van der Waals surface area contributed by atoms with Crippen LogP contribution in [-0.2, 0) is 24.0 Å². The van der Waals surface area contributed by atoms with E-state index in [0.717, 1.165) is 103 Å². The summed E-state index contributed by atoms with van der Waals surface area (Å²) in [6.07, 6.45) is 97.8. The van der Waals surface area contributed by atoms with Gasteiger partial charge in [-0.2, -0.15) is 0 Å². The van der Waals surface area contributed by atoms with Crippen LogP contribution in [0.25, 0.3) is 0 Å². The van der Waals surface area contributed by atoms with Crippen LogP contribution < -0.4 is 0 Å². The zero-order valence-electron chi connectivity index (χ0n) is 77.9. The van der Waals surface area contributed by atoms with Crippen LogP contribution >= 0.6 is 0 Å². The van der Waals surface area contributed by atoms with Gasteiger partial charge in [0.25, 0.3) is 0 Å². The van der Waals surface area contributed by atoms with Gasteiger partial charge in [-0.25, -0.2) is 0 Å². The molecule has 120 heavy (non-hydrogen) atoms. The van der Waals surface area contributed by atoms with Gasteiger partial charge in [-0.3, -0.25) is 24.0 Å². The molecule has 7 atom stereocenters. The summed E-state index contributed by atoms with van der Waals surface area (Å²) in [5.41, 5.74) is 0. The SMILES string of the molecule is CCCCCCCCC=CCCCCCCCC(=O)O.CCCCCCCCC=CCCCCCCCC(=O)O.CCCCCCCCC=CCCCCCCCC(=O)O.CCCCCCCCC=CCCCCCCCC(=O)O.O=C(O)C(CC(O)CO)C(CC(O)CO)C(CCCCC=CCCCCCCCCCC(O)CO)CC(O)CO. The maximum Gasteiger partial charge on any atom is 0.306 e. The molecule has 0 aliphatic heterocycles. The predicted molar refractivity (Wildman–Crippen MR) is 502 cm³/mol. The van der Waals surface area contributed by atoms with Gasteiger partial charge in [0.2, 0.25) is 0 Å². The van der Waals surface area contributed by atoms with Gasteiger partial charge in [-0.15, -0.1) is 0 Å². The first-order valence-electron chi connectivity index (χ1n) is 49.8. The van der Waals surface area contributed by atoms with E-state index < -0.39 is 85.9 Å². The molecule has 13 N–H and O–H groups in total. The molecule has 18 heteroatoms. The van der Waals surface area contributed by atoms with Gasteiger partial charge in [0.05, 0.1) is 56.8 Å². The number of aliphatic carboxylic acids is 5. The summed E-state index contributed by atoms with van der Waals surface area (Å²) in [4.78, 5) is 53.4. The van der Waals surface area contributed by atoms with Gasteiger partial charge >= 0.3 is 29.8 Å². The van der Waals surface area contributed by atoms with Crippen LogP contribution in [0.3, 0.4) is 0 Å². The highest BCUT2D eigenvalue weighted by molar-refractivity contribution is 5.70. The fraction of sp³-hybridized carbons (Fsp3) is 0.853. The Morgan fingerprint density at radius 3 is 0.617 bits per heavy atom. The number of rotatable bonds is 88. The van der Waals surface area contributed by atoms with E-state index in [1.54, 1.807) is 0 Å². The summed E-state index contributed by atoms with van der Waals surface area (Å²) < 4.78 is 0. The van der Waals surface area contributed by atoms with Crippen molar-refractivity contribution in [1.29, 1.82) is 0 Å². The van der Waals surface area contributed by atoms with Gasteiger partial charge in [0, 0.05) is 25.7 Å². The van der Waals surface area contributed by atoms with Crippen molar-refractivity contribution >= 4 is 29.8 Å². The Kier molecular flexibility index (Phi) is 111. The van der Waals surface area contributed by atoms with Crippen molar-refractivity contribution in [3.05, 3.63) is 60.8 Å². The third-order valence-electron chi connectivity index (χ3n) is 22.3. The second kappa shape index (κ2) is 107. The van der Waals surface area contributed by atoms with Crippen molar-refractivity contribution in [2.45, 2.75) is 514 Å². The Morgan fingerprint density at radius 2 is 0.400 bits per heavy atom. The minimum Gasteiger partial charge on any atom is -0.481 e. The number of hydrogen-bond acceptors (Lipinski definition) is 13. The van der Waals surface area contributed by atoms with Crippen LogP contribution in [-0.4, -0.2) is 147 Å². The van der Waals surface area contributed by atoms with Crippen LogP contribution in [0.5, 0.6) is 0 Å². The lowest BCUT2D eigenvalue weighted by Crippen LogP contribution is -2.37. The monoisotopic (exact) mass is 1710 g/mol. The van der Waals surface area contributed by atoms with E-state index >= 15 is 0 Å². The summed E-state index contributed by atoms with van der Waals surface area (Å²) in [6.45, 7) is 7.27. The second-order valence-electron chi connectivity index (χ2n) is 34.1. The summed E-state index contributed by atoms with van der Waals surface area (Å²) >= 11 is 0. The number of allylic oxidation sites excluding steroid dienone is 10. The minimum atomic E-state index is -1.24. The number of aliphatic hydroxyl groups excluding tert-OH is 8. The topological polar surface area (TPSA) is 348 Å². The van der Waals surface area contributed by atoms with Gasteiger partial charge < -0.3 is 66.4 Å². The maximum absolute atomic E-state index is 12.1. The molecule has 0 heterocycles. The third-order valence-corrected chi connectivity index (χ3v) is 22.3. The first-order valence-corrected chi connectivity index (χ1v) is 49.8. The first-order chi connectivity index (χ1) is 58.3. The zero-order chi connectivity index (χ0) is 89.7. The summed E-state index contributed by atoms with van der Waals surface area (Å²) in [6, 6.07) is 0. The fourth-order valence-electron chi connectivity index (χ4n) is 14.7. The summed E-state index contributed by atoms with van der Waals surface area (Å²) in [7, 11) is 0. The Balaban J connectivity index is -0.000000478. The lowest BCUT2D eigenvalue weighted by Gasteiger charge is -2.35. The van der Waals surface area contributed by atoms with Crippen molar-refractivity contribution in [2.75, 3.05) is 26.4 Å². The number of hydrogen-bond donors (Lipinski definition) is 13. The predicted octanol–water partition coefficient (Wildman–Crippen LogP) is 26.6. The highest BCUT2D eigenvalue weighted by Crippen LogP contribution is 2.36. The fourth-order valence-corrected chi connectivity index (χ4v) is 14.7. The van der Waals surface area contributed by atoms with Gasteiger partial charge in [-0.05, 0) is 192 Å². The number of carboxylic acids is 5. The van der Waals surface area contributed by atoms with E-state index in [9.17, 15) is 64.8 Å². The van der Waals surface area contributed by atoms with Crippen molar-refractivity contribution in [3.8, 4) is 0 Å². The average Bonchev–Trinajstić information content (AvgIpc) is 0.841. The average molecular weight is 1710 g/mol. The van der Waals surface area contributed by atoms with Crippen LogP contribution in [0.2, 0.25) is 0 Å². The van der Waals surface area contributed by atoms with Crippen molar-refractivity contribution < 1.29 is 90.4 Å². The maximum atomic E-state index is 12.1. The summed E-state index contributed by atoms with van der Waals surface area (Å²) in [5, 5.41) is 120. The van der Waals surface area contributed by atoms with Gasteiger partial charge in [0.1, 0.15) is 0 Å². The number of carbonyl (C=O) groups is 5. The second-order valence-corrected chi connectivity index (χ2v) is 34.1.